The Morgan fingerprint density at radius 2 is 1.62 bits per heavy atom. The van der Waals surface area contributed by atoms with Gasteiger partial charge in [-0.1, -0.05) is 42.5 Å². The van der Waals surface area contributed by atoms with Gasteiger partial charge in [0.2, 0.25) is 0 Å². The number of fused-ring (bicyclic) bond motifs is 1. The highest BCUT2D eigenvalue weighted by molar-refractivity contribution is 6.50. The Morgan fingerprint density at radius 3 is 2.17 bits per heavy atom. The molecule has 3 nitrogen and oxygen atoms in total. The minimum atomic E-state index is -0.605. The third kappa shape index (κ3) is 2.01. The predicted molar refractivity (Wildman–Crippen MR) is 93.8 cm³/mol. The Hall–Kier alpha value is -2.25. The molecule has 0 saturated carbocycles. The molecule has 2 unspecified atom stereocenters. The van der Waals surface area contributed by atoms with Crippen molar-refractivity contribution in [3.63, 3.8) is 0 Å². The molecule has 0 N–H and O–H groups in total. The van der Waals surface area contributed by atoms with E-state index in [0.717, 1.165) is 49.7 Å². The van der Waals surface area contributed by atoms with E-state index in [2.05, 4.69) is 35.2 Å². The Labute approximate surface area is 142 Å². The van der Waals surface area contributed by atoms with Gasteiger partial charge < -0.3 is 5.53 Å². The smallest absolute Gasteiger partial charge is 0.361 e. The van der Waals surface area contributed by atoms with Gasteiger partial charge in [-0.25, -0.2) is 0 Å². The van der Waals surface area contributed by atoms with Crippen LogP contribution in [-0.2, 0) is 10.2 Å². The first kappa shape index (κ1) is 15.3. The van der Waals surface area contributed by atoms with E-state index in [-0.39, 0.29) is 23.3 Å². The van der Waals surface area contributed by atoms with Crippen molar-refractivity contribution in [3.05, 3.63) is 65.2 Å². The molecule has 1 aromatic rings. The van der Waals surface area contributed by atoms with Gasteiger partial charge in [-0.3, -0.25) is 4.79 Å². The molecule has 0 aromatic heterocycles. The van der Waals surface area contributed by atoms with Crippen LogP contribution in [0.25, 0.3) is 5.53 Å². The van der Waals surface area contributed by atoms with Gasteiger partial charge in [-0.2, -0.15) is 4.79 Å². The fraction of sp³-hybridized carbons (Fsp3) is 0.429. The van der Waals surface area contributed by atoms with Crippen LogP contribution in [0.3, 0.4) is 0 Å². The molecule has 3 heteroatoms. The van der Waals surface area contributed by atoms with Gasteiger partial charge in [-0.05, 0) is 62.0 Å². The third-order valence-electron chi connectivity index (χ3n) is 6.00. The summed E-state index contributed by atoms with van der Waals surface area (Å²) in [6.07, 6.45) is 15.3. The van der Waals surface area contributed by atoms with Crippen LogP contribution in [0.15, 0.2) is 48.6 Å². The lowest BCUT2D eigenvalue weighted by molar-refractivity contribution is -0.124. The summed E-state index contributed by atoms with van der Waals surface area (Å²) in [6.45, 7) is 0. The molecule has 0 heterocycles. The third-order valence-corrected chi connectivity index (χ3v) is 6.00. The largest absolute Gasteiger partial charge is 0.366 e. The summed E-state index contributed by atoms with van der Waals surface area (Å²) in [5, 5.41) is 0. The van der Waals surface area contributed by atoms with Crippen LogP contribution in [0.5, 0.6) is 0 Å². The molecular formula is C21H22N2O. The second kappa shape index (κ2) is 5.99. The highest BCUT2D eigenvalue weighted by Crippen LogP contribution is 2.52. The summed E-state index contributed by atoms with van der Waals surface area (Å²) >= 11 is 0. The van der Waals surface area contributed by atoms with E-state index >= 15 is 0 Å². The average Bonchev–Trinajstić information content (AvgIpc) is 2.91. The number of carbonyl (C=O) groups excluding carboxylic acids is 1. The molecule has 0 radical (unpaired) electrons. The van der Waals surface area contributed by atoms with Crippen molar-refractivity contribution < 1.29 is 9.58 Å². The molecule has 2 atom stereocenters. The first-order valence-corrected chi connectivity index (χ1v) is 9.00. The normalized spacial score (nSPS) is 31.8. The SMILES string of the molecule is [N-]=[N+]=C1C(=O)C(C2C=CCCC2)(C2C=CCCC2)c2ccccc21. The van der Waals surface area contributed by atoms with Crippen molar-refractivity contribution in [3.8, 4) is 0 Å². The highest BCUT2D eigenvalue weighted by atomic mass is 16.1. The van der Waals surface area contributed by atoms with Crippen LogP contribution in [-0.4, -0.2) is 16.3 Å². The molecule has 24 heavy (non-hydrogen) atoms. The molecule has 0 bridgehead atoms. The number of allylic oxidation sites excluding steroid dienone is 4. The van der Waals surface area contributed by atoms with Crippen LogP contribution < -0.4 is 0 Å². The van der Waals surface area contributed by atoms with Crippen LogP contribution in [0.4, 0.5) is 0 Å². The Bertz CT molecular complexity index is 759. The molecular weight excluding hydrogens is 296 g/mol. The molecule has 4 rings (SSSR count). The Kier molecular flexibility index (Phi) is 3.82. The summed E-state index contributed by atoms with van der Waals surface area (Å²) in [6, 6.07) is 7.90. The first-order chi connectivity index (χ1) is 11.8. The monoisotopic (exact) mass is 318 g/mol. The zero-order chi connectivity index (χ0) is 16.6. The number of benzene rings is 1. The zero-order valence-corrected chi connectivity index (χ0v) is 13.8. The van der Waals surface area contributed by atoms with E-state index in [1.54, 1.807) is 0 Å². The summed E-state index contributed by atoms with van der Waals surface area (Å²) in [4.78, 5) is 17.0. The molecule has 0 fully saturated rings. The van der Waals surface area contributed by atoms with Crippen molar-refractivity contribution in [1.29, 1.82) is 0 Å². The van der Waals surface area contributed by atoms with Crippen molar-refractivity contribution in [2.75, 3.05) is 0 Å². The van der Waals surface area contributed by atoms with Crippen LogP contribution in [0, 0.1) is 11.8 Å². The highest BCUT2D eigenvalue weighted by Gasteiger charge is 2.60. The summed E-state index contributed by atoms with van der Waals surface area (Å²) in [5.41, 5.74) is 11.0. The Balaban J connectivity index is 1.99. The lowest BCUT2D eigenvalue weighted by Gasteiger charge is -2.42. The lowest BCUT2D eigenvalue weighted by Crippen LogP contribution is -2.48. The fourth-order valence-corrected chi connectivity index (χ4v) is 4.98. The fourth-order valence-electron chi connectivity index (χ4n) is 4.98. The number of hydrogen-bond donors (Lipinski definition) is 0. The summed E-state index contributed by atoms with van der Waals surface area (Å²) in [5.74, 6) is 0.345. The van der Waals surface area contributed by atoms with Gasteiger partial charge in [0.1, 0.15) is 0 Å². The molecule has 0 saturated heterocycles. The van der Waals surface area contributed by atoms with Gasteiger partial charge in [0.25, 0.3) is 5.78 Å². The van der Waals surface area contributed by atoms with Gasteiger partial charge in [-0.15, -0.1) is 0 Å². The quantitative estimate of drug-likeness (QED) is 0.457. The maximum absolute atomic E-state index is 13.6. The van der Waals surface area contributed by atoms with E-state index in [0.29, 0.717) is 0 Å². The van der Waals surface area contributed by atoms with E-state index in [1.165, 1.54) is 0 Å². The number of carbonyl (C=O) groups is 1. The Morgan fingerprint density at radius 1 is 1.00 bits per heavy atom. The van der Waals surface area contributed by atoms with E-state index < -0.39 is 5.41 Å². The minimum Gasteiger partial charge on any atom is -0.361 e. The van der Waals surface area contributed by atoms with Crippen molar-refractivity contribution in [1.82, 2.24) is 0 Å². The average molecular weight is 318 g/mol. The second-order valence-electron chi connectivity index (χ2n) is 7.12. The van der Waals surface area contributed by atoms with Crippen molar-refractivity contribution in [2.45, 2.75) is 43.9 Å². The van der Waals surface area contributed by atoms with E-state index in [4.69, 9.17) is 0 Å². The number of Topliss-reactive ketones (excluding diaryl/α,β-unsaturated/α-hetero) is 1. The minimum absolute atomic E-state index is 0.000648. The molecule has 0 aliphatic heterocycles. The molecule has 0 amide bonds. The molecule has 1 aromatic carbocycles. The van der Waals surface area contributed by atoms with Crippen LogP contribution in [0.2, 0.25) is 0 Å². The van der Waals surface area contributed by atoms with Gasteiger partial charge in [0, 0.05) is 0 Å². The number of nitrogens with zero attached hydrogens (tertiary/aromatic N) is 2. The van der Waals surface area contributed by atoms with Crippen LogP contribution in [0.1, 0.15) is 49.7 Å². The summed E-state index contributed by atoms with van der Waals surface area (Å²) in [7, 11) is 0. The molecule has 3 aliphatic rings. The van der Waals surface area contributed by atoms with Gasteiger partial charge >= 0.3 is 5.71 Å². The zero-order valence-electron chi connectivity index (χ0n) is 13.8. The number of rotatable bonds is 2. The molecule has 3 aliphatic carbocycles. The standard InChI is InChI=1S/C21H22N2O/c22-23-19-17-13-7-8-14-18(17)21(20(19)24,15-9-3-1-4-10-15)16-11-5-2-6-12-16/h3,5,7-9,11,13-16H,1-2,4,6,10,12H2. The van der Waals surface area contributed by atoms with E-state index in [9.17, 15) is 10.3 Å². The maximum atomic E-state index is 13.6. The number of ketones is 1. The van der Waals surface area contributed by atoms with Crippen molar-refractivity contribution >= 4 is 11.5 Å². The summed E-state index contributed by atoms with van der Waals surface area (Å²) < 4.78 is 0. The predicted octanol–water partition coefficient (Wildman–Crippen LogP) is 4.24. The van der Waals surface area contributed by atoms with Gasteiger partial charge in [0.15, 0.2) is 0 Å². The second-order valence-corrected chi connectivity index (χ2v) is 7.12. The maximum Gasteiger partial charge on any atom is 0.366 e. The number of hydrogen-bond acceptors (Lipinski definition) is 1. The molecule has 122 valence electrons. The van der Waals surface area contributed by atoms with Crippen LogP contribution >= 0.6 is 0 Å². The molecule has 0 spiro atoms. The van der Waals surface area contributed by atoms with Crippen molar-refractivity contribution in [2.24, 2.45) is 11.8 Å². The lowest BCUT2D eigenvalue weighted by atomic mass is 9.58. The topological polar surface area (TPSA) is 53.5 Å². The van der Waals surface area contributed by atoms with Gasteiger partial charge in [0.05, 0.1) is 11.0 Å². The first-order valence-electron chi connectivity index (χ1n) is 9.00. The van der Waals surface area contributed by atoms with E-state index in [1.807, 2.05) is 18.2 Å².